The van der Waals surface area contributed by atoms with Crippen LogP contribution in [0.5, 0.6) is 0 Å². The zero-order chi connectivity index (χ0) is 51.3. The first kappa shape index (κ1) is 47.0. The molecule has 0 amide bonds. The molecular formula is C72H61N3O. The lowest BCUT2D eigenvalue weighted by molar-refractivity contribution is 0.666. The molecule has 3 heterocycles. The van der Waals surface area contributed by atoms with Gasteiger partial charge in [-0.15, -0.1) is 0 Å². The van der Waals surface area contributed by atoms with Gasteiger partial charge >= 0.3 is 0 Å². The largest absolute Gasteiger partial charge is 0.454 e. The molecule has 4 nitrogen and oxygen atoms in total. The molecule has 0 spiro atoms. The van der Waals surface area contributed by atoms with Crippen LogP contribution in [0.25, 0.3) is 99.6 Å². The van der Waals surface area contributed by atoms with Crippen LogP contribution in [-0.2, 0) is 13.0 Å². The number of anilines is 1. The molecule has 76 heavy (non-hydrogen) atoms. The number of aromatic nitrogens is 1. The zero-order valence-electron chi connectivity index (χ0n) is 43.7. The minimum Gasteiger partial charge on any atom is -0.454 e. The third-order valence-corrected chi connectivity index (χ3v) is 16.5. The summed E-state index contributed by atoms with van der Waals surface area (Å²) in [6.07, 6.45) is 11.9. The van der Waals surface area contributed by atoms with Crippen LogP contribution in [0.1, 0.15) is 57.2 Å². The molecule has 1 N–H and O–H groups in total. The van der Waals surface area contributed by atoms with E-state index in [-0.39, 0.29) is 11.8 Å². The second-order valence-electron chi connectivity index (χ2n) is 21.0. The summed E-state index contributed by atoms with van der Waals surface area (Å²) in [5.41, 5.74) is 23.3. The van der Waals surface area contributed by atoms with Gasteiger partial charge in [0.1, 0.15) is 5.58 Å². The van der Waals surface area contributed by atoms with Gasteiger partial charge in [0.05, 0.1) is 22.4 Å². The number of rotatable bonds is 12. The van der Waals surface area contributed by atoms with Gasteiger partial charge < -0.3 is 14.3 Å². The number of nitrogens with zero attached hydrogens (tertiary/aromatic N) is 2. The molecule has 370 valence electrons. The highest BCUT2D eigenvalue weighted by Crippen LogP contribution is 2.47. The SMILES string of the molecule is CCC(C)C(=N/C(=C(/C)C(C)Cc1cccc2c1-c1cc(-c3ccc4c(oc5ccccc54)c3-n3c4ccccc4c4cc(-c5ccccc5)ccc43)ccc1NC2)c1ccc(-c2ccccc2)cc1)C1C=CC=CC1. The van der Waals surface area contributed by atoms with Gasteiger partial charge in [0, 0.05) is 62.1 Å². The lowest BCUT2D eigenvalue weighted by atomic mass is 9.83. The molecule has 0 bridgehead atoms. The highest BCUT2D eigenvalue weighted by molar-refractivity contribution is 6.15. The van der Waals surface area contributed by atoms with E-state index in [9.17, 15) is 0 Å². The van der Waals surface area contributed by atoms with E-state index in [0.717, 1.165) is 92.5 Å². The molecule has 0 radical (unpaired) electrons. The molecule has 1 aliphatic heterocycles. The number of hydrogen-bond acceptors (Lipinski definition) is 3. The van der Waals surface area contributed by atoms with Crippen molar-refractivity contribution in [1.82, 2.24) is 4.57 Å². The van der Waals surface area contributed by atoms with Crippen molar-refractivity contribution < 1.29 is 4.42 Å². The van der Waals surface area contributed by atoms with E-state index >= 15 is 0 Å². The van der Waals surface area contributed by atoms with Crippen LogP contribution >= 0.6 is 0 Å². The van der Waals surface area contributed by atoms with E-state index in [0.29, 0.717) is 5.92 Å². The lowest BCUT2D eigenvalue weighted by Gasteiger charge is -2.27. The Morgan fingerprint density at radius 2 is 1.30 bits per heavy atom. The van der Waals surface area contributed by atoms with Crippen LogP contribution in [-0.4, -0.2) is 10.3 Å². The summed E-state index contributed by atoms with van der Waals surface area (Å²) in [6, 6.07) is 73.2. The van der Waals surface area contributed by atoms with Gasteiger partial charge in [-0.3, -0.25) is 4.99 Å². The first-order valence-electron chi connectivity index (χ1n) is 27.2. The molecule has 3 unspecified atom stereocenters. The summed E-state index contributed by atoms with van der Waals surface area (Å²) in [6.45, 7) is 10.1. The van der Waals surface area contributed by atoms with Gasteiger partial charge in [-0.05, 0) is 131 Å². The third-order valence-electron chi connectivity index (χ3n) is 16.5. The summed E-state index contributed by atoms with van der Waals surface area (Å²) < 4.78 is 9.47. The predicted octanol–water partition coefficient (Wildman–Crippen LogP) is 19.5. The van der Waals surface area contributed by atoms with Crippen molar-refractivity contribution in [2.24, 2.45) is 22.7 Å². The van der Waals surface area contributed by atoms with Crippen molar-refractivity contribution in [3.8, 4) is 50.2 Å². The molecule has 4 heteroatoms. The van der Waals surface area contributed by atoms with E-state index in [2.05, 4.69) is 262 Å². The molecule has 0 saturated carbocycles. The number of aliphatic imine (C=N–C) groups is 1. The van der Waals surface area contributed by atoms with E-state index in [1.807, 2.05) is 0 Å². The van der Waals surface area contributed by atoms with Crippen LogP contribution in [0.15, 0.2) is 239 Å². The maximum absolute atomic E-state index is 7.02. The maximum atomic E-state index is 7.02. The fraction of sp³-hybridized carbons (Fsp3) is 0.153. The van der Waals surface area contributed by atoms with Gasteiger partial charge in [-0.2, -0.15) is 0 Å². The van der Waals surface area contributed by atoms with Gasteiger partial charge in [0.2, 0.25) is 0 Å². The summed E-state index contributed by atoms with van der Waals surface area (Å²) in [5.74, 6) is 0.814. The fourth-order valence-electron chi connectivity index (χ4n) is 12.1. The van der Waals surface area contributed by atoms with Crippen molar-refractivity contribution in [1.29, 1.82) is 0 Å². The van der Waals surface area contributed by atoms with Crippen molar-refractivity contribution in [3.63, 3.8) is 0 Å². The standard InChI is InChI=1S/C72H61N3O/c1-5-46(2)69(52-24-13-8-14-25-52)74-70(53-34-32-51(33-35-53)49-20-9-6-10-21-49)48(4)47(3)42-56-26-19-27-57-45-73-64-40-36-55(44-63(64)68(56)57)58-38-39-61-60-29-16-18-31-67(60)76-72(61)71(58)75-65-30-17-15-28-59(65)62-43-54(37-41-66(62)75)50-22-11-7-12-23-50/h6-24,26-41,43-44,46-47,52,73H,5,25,42,45H2,1-4H3/b70-48-,74-69?. The van der Waals surface area contributed by atoms with Gasteiger partial charge in [0.25, 0.3) is 0 Å². The Labute approximate surface area is 446 Å². The van der Waals surface area contributed by atoms with Gasteiger partial charge in [-0.1, -0.05) is 203 Å². The second-order valence-corrected chi connectivity index (χ2v) is 21.0. The summed E-state index contributed by atoms with van der Waals surface area (Å²) >= 11 is 0. The average Bonchev–Trinajstić information content (AvgIpc) is 4.10. The minimum absolute atomic E-state index is 0.195. The Balaban J connectivity index is 0.947. The molecule has 0 saturated heterocycles. The highest BCUT2D eigenvalue weighted by Gasteiger charge is 2.27. The minimum atomic E-state index is 0.195. The number of nitrogens with one attached hydrogen (secondary N) is 1. The van der Waals surface area contributed by atoms with E-state index in [1.54, 1.807) is 0 Å². The third kappa shape index (κ3) is 8.39. The summed E-state index contributed by atoms with van der Waals surface area (Å²) in [4.78, 5) is 5.79. The molecule has 2 aromatic heterocycles. The molecular weight excluding hydrogens is 923 g/mol. The van der Waals surface area contributed by atoms with Crippen molar-refractivity contribution >= 4 is 60.8 Å². The van der Waals surface area contributed by atoms with Crippen LogP contribution in [0.4, 0.5) is 5.69 Å². The lowest BCUT2D eigenvalue weighted by Crippen LogP contribution is -2.21. The first-order chi connectivity index (χ1) is 37.4. The average molecular weight is 984 g/mol. The Bertz CT molecular complexity index is 4130. The quantitative estimate of drug-likeness (QED) is 0.124. The van der Waals surface area contributed by atoms with Crippen molar-refractivity contribution in [2.45, 2.75) is 53.5 Å². The van der Waals surface area contributed by atoms with E-state index in [1.165, 1.54) is 66.6 Å². The smallest absolute Gasteiger partial charge is 0.160 e. The van der Waals surface area contributed by atoms with Gasteiger partial charge in [0.15, 0.2) is 5.58 Å². The monoisotopic (exact) mass is 983 g/mol. The van der Waals surface area contributed by atoms with Crippen LogP contribution in [0.2, 0.25) is 0 Å². The second kappa shape index (κ2) is 19.8. The Morgan fingerprint density at radius 1 is 0.605 bits per heavy atom. The molecule has 0 fully saturated rings. The Hall–Kier alpha value is -8.73. The predicted molar refractivity (Wildman–Crippen MR) is 322 cm³/mol. The van der Waals surface area contributed by atoms with Crippen molar-refractivity contribution in [3.05, 3.63) is 247 Å². The number of benzene rings is 9. The summed E-state index contributed by atoms with van der Waals surface area (Å²) in [7, 11) is 0. The number of hydrogen-bond donors (Lipinski definition) is 1. The van der Waals surface area contributed by atoms with E-state index in [4.69, 9.17) is 9.41 Å². The molecule has 11 aromatic rings. The zero-order valence-corrected chi connectivity index (χ0v) is 43.7. The number of allylic oxidation sites excluding steroid dienone is 5. The molecule has 1 aliphatic carbocycles. The maximum Gasteiger partial charge on any atom is 0.160 e. The normalized spacial score (nSPS) is 15.4. The Kier molecular flexibility index (Phi) is 12.3. The number of para-hydroxylation sites is 2. The first-order valence-corrected chi connectivity index (χ1v) is 27.2. The number of furan rings is 1. The van der Waals surface area contributed by atoms with Crippen molar-refractivity contribution in [2.75, 3.05) is 5.32 Å². The van der Waals surface area contributed by atoms with Gasteiger partial charge in [-0.25, -0.2) is 0 Å². The molecule has 2 aliphatic rings. The Morgan fingerprint density at radius 3 is 2.08 bits per heavy atom. The van der Waals surface area contributed by atoms with Crippen LogP contribution in [0, 0.1) is 17.8 Å². The topological polar surface area (TPSA) is 42.5 Å². The van der Waals surface area contributed by atoms with Crippen LogP contribution in [0.3, 0.4) is 0 Å². The highest BCUT2D eigenvalue weighted by atomic mass is 16.3. The molecule has 3 atom stereocenters. The number of fused-ring (bicyclic) bond motifs is 9. The van der Waals surface area contributed by atoms with E-state index < -0.39 is 0 Å². The summed E-state index contributed by atoms with van der Waals surface area (Å²) in [5, 5.41) is 8.45. The molecule has 9 aromatic carbocycles. The fourth-order valence-corrected chi connectivity index (χ4v) is 12.1. The van der Waals surface area contributed by atoms with Crippen LogP contribution < -0.4 is 5.32 Å². The molecule has 13 rings (SSSR count).